The number of piperidine rings is 1. The smallest absolute Gasteiger partial charge is 0.319 e. The highest BCUT2D eigenvalue weighted by atomic mass is 16.5. The molecule has 1 atom stereocenters. The van der Waals surface area contributed by atoms with Crippen LogP contribution in [0.1, 0.15) is 32.1 Å². The summed E-state index contributed by atoms with van der Waals surface area (Å²) in [5.41, 5.74) is -1.13. The third kappa shape index (κ3) is 2.04. The van der Waals surface area contributed by atoms with Gasteiger partial charge in [-0.3, -0.25) is 9.59 Å². The number of hydrogen-bond acceptors (Lipinski definition) is 3. The van der Waals surface area contributed by atoms with Crippen molar-refractivity contribution in [2.75, 3.05) is 20.2 Å². The number of carboxylic acid groups (broad SMARTS) is 1. The van der Waals surface area contributed by atoms with Crippen molar-refractivity contribution in [1.29, 1.82) is 0 Å². The summed E-state index contributed by atoms with van der Waals surface area (Å²) < 4.78 is 5.26. The average molecular weight is 241 g/mol. The van der Waals surface area contributed by atoms with Gasteiger partial charge in [0.1, 0.15) is 5.41 Å². The highest BCUT2D eigenvalue weighted by Crippen LogP contribution is 2.43. The van der Waals surface area contributed by atoms with E-state index in [1.807, 2.05) is 0 Å². The van der Waals surface area contributed by atoms with E-state index in [-0.39, 0.29) is 12.0 Å². The van der Waals surface area contributed by atoms with Gasteiger partial charge in [0.25, 0.3) is 0 Å². The third-order valence-electron chi connectivity index (χ3n) is 4.02. The highest BCUT2D eigenvalue weighted by molar-refractivity contribution is 6.02. The molecule has 1 N–H and O–H groups in total. The van der Waals surface area contributed by atoms with Crippen LogP contribution in [0.3, 0.4) is 0 Å². The second kappa shape index (κ2) is 4.64. The standard InChI is InChI=1S/C12H19NO4/c1-17-9-4-2-7-13(8-9)10(14)12(11(15)16)5-3-6-12/h9H,2-8H2,1H3,(H,15,16). The predicted octanol–water partition coefficient (Wildman–Crippen LogP) is 0.879. The van der Waals surface area contributed by atoms with Crippen LogP contribution in [-0.4, -0.2) is 48.2 Å². The Morgan fingerprint density at radius 1 is 1.35 bits per heavy atom. The molecule has 0 aromatic heterocycles. The maximum Gasteiger partial charge on any atom is 0.319 e. The van der Waals surface area contributed by atoms with Crippen molar-refractivity contribution in [3.05, 3.63) is 0 Å². The lowest BCUT2D eigenvalue weighted by Crippen LogP contribution is -2.55. The van der Waals surface area contributed by atoms with Gasteiger partial charge >= 0.3 is 5.97 Å². The Morgan fingerprint density at radius 2 is 2.06 bits per heavy atom. The summed E-state index contributed by atoms with van der Waals surface area (Å²) in [5, 5.41) is 9.23. The number of carbonyl (C=O) groups excluding carboxylic acids is 1. The summed E-state index contributed by atoms with van der Waals surface area (Å²) >= 11 is 0. The number of methoxy groups -OCH3 is 1. The summed E-state index contributed by atoms with van der Waals surface area (Å²) in [7, 11) is 1.63. The van der Waals surface area contributed by atoms with Gasteiger partial charge in [-0.1, -0.05) is 6.42 Å². The van der Waals surface area contributed by atoms with E-state index >= 15 is 0 Å². The second-order valence-corrected chi connectivity index (χ2v) is 4.99. The number of aliphatic carboxylic acids is 1. The van der Waals surface area contributed by atoms with Gasteiger partial charge in [0.05, 0.1) is 6.10 Å². The minimum atomic E-state index is -1.13. The van der Waals surface area contributed by atoms with Gasteiger partial charge in [-0.25, -0.2) is 0 Å². The maximum absolute atomic E-state index is 12.3. The maximum atomic E-state index is 12.3. The number of carbonyl (C=O) groups is 2. The Hall–Kier alpha value is -1.10. The average Bonchev–Trinajstić information content (AvgIpc) is 2.27. The molecule has 1 aliphatic carbocycles. The van der Waals surface area contributed by atoms with Crippen molar-refractivity contribution in [3.63, 3.8) is 0 Å². The van der Waals surface area contributed by atoms with Gasteiger partial charge in [0.15, 0.2) is 0 Å². The number of rotatable bonds is 3. The molecule has 17 heavy (non-hydrogen) atoms. The summed E-state index contributed by atoms with van der Waals surface area (Å²) in [6, 6.07) is 0. The number of ether oxygens (including phenoxy) is 1. The molecule has 0 spiro atoms. The SMILES string of the molecule is COC1CCCN(C(=O)C2(C(=O)O)CCC2)C1. The Morgan fingerprint density at radius 3 is 2.53 bits per heavy atom. The van der Waals surface area contributed by atoms with Gasteiger partial charge in [0, 0.05) is 20.2 Å². The molecule has 1 saturated carbocycles. The van der Waals surface area contributed by atoms with Crippen molar-refractivity contribution in [3.8, 4) is 0 Å². The molecule has 1 aliphatic heterocycles. The fourth-order valence-electron chi connectivity index (χ4n) is 2.67. The van der Waals surface area contributed by atoms with Crippen LogP contribution in [0.4, 0.5) is 0 Å². The van der Waals surface area contributed by atoms with Crippen LogP contribution < -0.4 is 0 Å². The fraction of sp³-hybridized carbons (Fsp3) is 0.833. The van der Waals surface area contributed by atoms with Crippen molar-refractivity contribution < 1.29 is 19.4 Å². The second-order valence-electron chi connectivity index (χ2n) is 4.99. The predicted molar refractivity (Wildman–Crippen MR) is 60.5 cm³/mol. The monoisotopic (exact) mass is 241 g/mol. The Balaban J connectivity index is 2.06. The Bertz CT molecular complexity index is 324. The molecule has 5 nitrogen and oxygen atoms in total. The number of nitrogens with zero attached hydrogens (tertiary/aromatic N) is 1. The molecule has 1 unspecified atom stereocenters. The molecule has 0 aromatic carbocycles. The van der Waals surface area contributed by atoms with Crippen LogP contribution in [0.5, 0.6) is 0 Å². The van der Waals surface area contributed by atoms with Crippen molar-refractivity contribution in [2.24, 2.45) is 5.41 Å². The summed E-state index contributed by atoms with van der Waals surface area (Å²) in [4.78, 5) is 25.2. The van der Waals surface area contributed by atoms with Crippen LogP contribution in [-0.2, 0) is 14.3 Å². The van der Waals surface area contributed by atoms with E-state index in [0.717, 1.165) is 19.3 Å². The van der Waals surface area contributed by atoms with Crippen LogP contribution in [0.2, 0.25) is 0 Å². The lowest BCUT2D eigenvalue weighted by molar-refractivity contribution is -0.169. The van der Waals surface area contributed by atoms with E-state index in [1.165, 1.54) is 0 Å². The molecule has 0 aromatic rings. The normalized spacial score (nSPS) is 27.4. The molecule has 96 valence electrons. The molecule has 2 aliphatic rings. The number of carboxylic acids is 1. The highest BCUT2D eigenvalue weighted by Gasteiger charge is 2.53. The zero-order chi connectivity index (χ0) is 12.5. The van der Waals surface area contributed by atoms with Gasteiger partial charge in [-0.15, -0.1) is 0 Å². The lowest BCUT2D eigenvalue weighted by Gasteiger charge is -2.42. The Kier molecular flexibility index (Phi) is 3.38. The molecular formula is C12H19NO4. The van der Waals surface area contributed by atoms with E-state index in [0.29, 0.717) is 25.9 Å². The van der Waals surface area contributed by atoms with Crippen LogP contribution >= 0.6 is 0 Å². The Labute approximate surface area is 101 Å². The van der Waals surface area contributed by atoms with E-state index in [4.69, 9.17) is 4.74 Å². The molecule has 0 bridgehead atoms. The first kappa shape index (κ1) is 12.4. The number of hydrogen-bond donors (Lipinski definition) is 1. The zero-order valence-corrected chi connectivity index (χ0v) is 10.1. The molecule has 2 rings (SSSR count). The van der Waals surface area contributed by atoms with E-state index < -0.39 is 11.4 Å². The minimum absolute atomic E-state index is 0.0543. The van der Waals surface area contributed by atoms with Gasteiger partial charge in [0.2, 0.25) is 5.91 Å². The molecule has 0 radical (unpaired) electrons. The van der Waals surface area contributed by atoms with E-state index in [1.54, 1.807) is 12.0 Å². The van der Waals surface area contributed by atoms with E-state index in [9.17, 15) is 14.7 Å². The minimum Gasteiger partial charge on any atom is -0.480 e. The first-order chi connectivity index (χ1) is 8.10. The first-order valence-corrected chi connectivity index (χ1v) is 6.16. The fourth-order valence-corrected chi connectivity index (χ4v) is 2.67. The molecule has 1 heterocycles. The van der Waals surface area contributed by atoms with Crippen molar-refractivity contribution in [1.82, 2.24) is 4.90 Å². The third-order valence-corrected chi connectivity index (χ3v) is 4.02. The zero-order valence-electron chi connectivity index (χ0n) is 10.1. The van der Waals surface area contributed by atoms with Gasteiger partial charge in [-0.05, 0) is 25.7 Å². The first-order valence-electron chi connectivity index (χ1n) is 6.16. The van der Waals surface area contributed by atoms with Crippen LogP contribution in [0, 0.1) is 5.41 Å². The van der Waals surface area contributed by atoms with Gasteiger partial charge < -0.3 is 14.7 Å². The van der Waals surface area contributed by atoms with E-state index in [2.05, 4.69) is 0 Å². The number of likely N-dealkylation sites (tertiary alicyclic amines) is 1. The summed E-state index contributed by atoms with van der Waals surface area (Å²) in [6.07, 6.45) is 3.68. The molecule has 1 saturated heterocycles. The van der Waals surface area contributed by atoms with Crippen LogP contribution in [0.15, 0.2) is 0 Å². The lowest BCUT2D eigenvalue weighted by atomic mass is 9.67. The molecule has 1 amide bonds. The molecular weight excluding hydrogens is 222 g/mol. The molecule has 5 heteroatoms. The van der Waals surface area contributed by atoms with Gasteiger partial charge in [-0.2, -0.15) is 0 Å². The number of amides is 1. The quantitative estimate of drug-likeness (QED) is 0.745. The largest absolute Gasteiger partial charge is 0.480 e. The summed E-state index contributed by atoms with van der Waals surface area (Å²) in [5.74, 6) is -1.17. The van der Waals surface area contributed by atoms with Crippen molar-refractivity contribution in [2.45, 2.75) is 38.2 Å². The van der Waals surface area contributed by atoms with Crippen molar-refractivity contribution >= 4 is 11.9 Å². The molecule has 2 fully saturated rings. The summed E-state index contributed by atoms with van der Waals surface area (Å²) in [6.45, 7) is 1.19. The van der Waals surface area contributed by atoms with Crippen LogP contribution in [0.25, 0.3) is 0 Å². The topological polar surface area (TPSA) is 66.8 Å².